The fraction of sp³-hybridized carbons (Fsp3) is 0.312. The Hall–Kier alpha value is -2.50. The van der Waals surface area contributed by atoms with Crippen LogP contribution in [-0.2, 0) is 0 Å². The van der Waals surface area contributed by atoms with E-state index in [2.05, 4.69) is 34.4 Å². The molecule has 1 atom stereocenters. The average molecular weight is 302 g/mol. The Labute approximate surface area is 129 Å². The van der Waals surface area contributed by atoms with Gasteiger partial charge in [0.15, 0.2) is 0 Å². The lowest BCUT2D eigenvalue weighted by molar-refractivity contribution is 0.250. The number of pyridine rings is 2. The molecule has 0 aliphatic heterocycles. The summed E-state index contributed by atoms with van der Waals surface area (Å²) < 4.78 is 12.8. The van der Waals surface area contributed by atoms with E-state index < -0.39 is 5.82 Å². The largest absolute Gasteiger partial charge is 0.337 e. The number of urea groups is 1. The Kier molecular flexibility index (Phi) is 5.41. The highest BCUT2D eigenvalue weighted by Crippen LogP contribution is 2.22. The third-order valence-electron chi connectivity index (χ3n) is 3.37. The van der Waals surface area contributed by atoms with Crippen LogP contribution in [0.15, 0.2) is 42.9 Å². The molecule has 2 N–H and O–H groups in total. The maximum Gasteiger partial charge on any atom is 0.320 e. The SMILES string of the molecule is CC(C)[C@@H](CNC(=O)Nc1ccc(F)cn1)c1cccnc1. The minimum Gasteiger partial charge on any atom is -0.337 e. The first-order valence-corrected chi connectivity index (χ1v) is 7.12. The maximum absolute atomic E-state index is 12.8. The van der Waals surface area contributed by atoms with Crippen molar-refractivity contribution in [1.82, 2.24) is 15.3 Å². The Morgan fingerprint density at radius 2 is 2.09 bits per heavy atom. The van der Waals surface area contributed by atoms with Crippen LogP contribution in [0.3, 0.4) is 0 Å². The summed E-state index contributed by atoms with van der Waals surface area (Å²) in [7, 11) is 0. The van der Waals surface area contributed by atoms with E-state index in [1.807, 2.05) is 18.3 Å². The first kappa shape index (κ1) is 15.9. The molecular formula is C16H19FN4O. The van der Waals surface area contributed by atoms with Crippen LogP contribution in [0.1, 0.15) is 25.3 Å². The Morgan fingerprint density at radius 3 is 2.68 bits per heavy atom. The van der Waals surface area contributed by atoms with Gasteiger partial charge in [0, 0.05) is 24.9 Å². The van der Waals surface area contributed by atoms with E-state index in [0.717, 1.165) is 11.8 Å². The quantitative estimate of drug-likeness (QED) is 0.891. The van der Waals surface area contributed by atoms with Gasteiger partial charge in [-0.05, 0) is 29.7 Å². The molecule has 2 amide bonds. The number of amides is 2. The number of nitrogens with zero attached hydrogens (tertiary/aromatic N) is 2. The van der Waals surface area contributed by atoms with Gasteiger partial charge in [0.05, 0.1) is 6.20 Å². The lowest BCUT2D eigenvalue weighted by Crippen LogP contribution is -2.34. The molecule has 2 aromatic heterocycles. The molecule has 0 radical (unpaired) electrons. The zero-order chi connectivity index (χ0) is 15.9. The number of rotatable bonds is 5. The molecule has 0 fully saturated rings. The molecule has 0 aromatic carbocycles. The Balaban J connectivity index is 1.92. The molecule has 2 aromatic rings. The van der Waals surface area contributed by atoms with Crippen molar-refractivity contribution in [2.75, 3.05) is 11.9 Å². The average Bonchev–Trinajstić information content (AvgIpc) is 2.50. The molecule has 0 aliphatic carbocycles. The summed E-state index contributed by atoms with van der Waals surface area (Å²) in [6.07, 6.45) is 4.59. The van der Waals surface area contributed by atoms with Crippen LogP contribution in [0.2, 0.25) is 0 Å². The molecule has 2 rings (SSSR count). The summed E-state index contributed by atoms with van der Waals surface area (Å²) in [6, 6.07) is 6.17. The van der Waals surface area contributed by atoms with Crippen LogP contribution < -0.4 is 10.6 Å². The summed E-state index contributed by atoms with van der Waals surface area (Å²) in [4.78, 5) is 19.8. The highest BCUT2D eigenvalue weighted by atomic mass is 19.1. The number of anilines is 1. The fourth-order valence-corrected chi connectivity index (χ4v) is 2.15. The number of hydrogen-bond donors (Lipinski definition) is 2. The number of hydrogen-bond acceptors (Lipinski definition) is 3. The van der Waals surface area contributed by atoms with Crippen LogP contribution in [0, 0.1) is 11.7 Å². The van der Waals surface area contributed by atoms with Gasteiger partial charge in [0.2, 0.25) is 0 Å². The normalized spacial score (nSPS) is 12.0. The summed E-state index contributed by atoms with van der Waals surface area (Å²) in [6.45, 7) is 4.67. The second kappa shape index (κ2) is 7.49. The van der Waals surface area contributed by atoms with Crippen molar-refractivity contribution in [2.45, 2.75) is 19.8 Å². The molecule has 22 heavy (non-hydrogen) atoms. The van der Waals surface area contributed by atoms with Crippen LogP contribution >= 0.6 is 0 Å². The first-order chi connectivity index (χ1) is 10.6. The Morgan fingerprint density at radius 1 is 1.27 bits per heavy atom. The van der Waals surface area contributed by atoms with Crippen molar-refractivity contribution in [3.63, 3.8) is 0 Å². The smallest absolute Gasteiger partial charge is 0.320 e. The van der Waals surface area contributed by atoms with Crippen LogP contribution in [0.5, 0.6) is 0 Å². The van der Waals surface area contributed by atoms with Gasteiger partial charge in [0.1, 0.15) is 11.6 Å². The topological polar surface area (TPSA) is 66.9 Å². The van der Waals surface area contributed by atoms with E-state index in [4.69, 9.17) is 0 Å². The monoisotopic (exact) mass is 302 g/mol. The second-order valence-corrected chi connectivity index (χ2v) is 5.33. The van der Waals surface area contributed by atoms with E-state index in [-0.39, 0.29) is 11.9 Å². The lowest BCUT2D eigenvalue weighted by Gasteiger charge is -2.21. The van der Waals surface area contributed by atoms with E-state index in [1.165, 1.54) is 12.1 Å². The second-order valence-electron chi connectivity index (χ2n) is 5.33. The molecule has 0 aliphatic rings. The van der Waals surface area contributed by atoms with Crippen molar-refractivity contribution in [3.05, 3.63) is 54.2 Å². The number of carbonyl (C=O) groups is 1. The van der Waals surface area contributed by atoms with Crippen molar-refractivity contribution < 1.29 is 9.18 Å². The van der Waals surface area contributed by atoms with Crippen LogP contribution in [-0.4, -0.2) is 22.5 Å². The highest BCUT2D eigenvalue weighted by molar-refractivity contribution is 5.88. The molecule has 6 heteroatoms. The summed E-state index contributed by atoms with van der Waals surface area (Å²) in [5.74, 6) is 0.387. The molecule has 0 saturated carbocycles. The first-order valence-electron chi connectivity index (χ1n) is 7.12. The molecule has 0 saturated heterocycles. The fourth-order valence-electron chi connectivity index (χ4n) is 2.15. The third kappa shape index (κ3) is 4.51. The maximum atomic E-state index is 12.8. The van der Waals surface area contributed by atoms with Gasteiger partial charge in [-0.2, -0.15) is 0 Å². The number of carbonyl (C=O) groups excluding carboxylic acids is 1. The molecule has 116 valence electrons. The van der Waals surface area contributed by atoms with Gasteiger partial charge in [0.25, 0.3) is 0 Å². The summed E-state index contributed by atoms with van der Waals surface area (Å²) in [5, 5.41) is 5.39. The molecule has 0 spiro atoms. The van der Waals surface area contributed by atoms with E-state index in [9.17, 15) is 9.18 Å². The zero-order valence-electron chi connectivity index (χ0n) is 12.6. The van der Waals surface area contributed by atoms with Gasteiger partial charge in [-0.1, -0.05) is 19.9 Å². The van der Waals surface area contributed by atoms with E-state index in [1.54, 1.807) is 6.20 Å². The molecule has 0 unspecified atom stereocenters. The molecule has 2 heterocycles. The number of aromatic nitrogens is 2. The predicted molar refractivity (Wildman–Crippen MR) is 83.0 cm³/mol. The van der Waals surface area contributed by atoms with Crippen LogP contribution in [0.25, 0.3) is 0 Å². The summed E-state index contributed by atoms with van der Waals surface area (Å²) in [5.41, 5.74) is 1.08. The van der Waals surface area contributed by atoms with Gasteiger partial charge < -0.3 is 5.32 Å². The number of nitrogens with one attached hydrogen (secondary N) is 2. The van der Waals surface area contributed by atoms with Gasteiger partial charge in [-0.15, -0.1) is 0 Å². The van der Waals surface area contributed by atoms with Gasteiger partial charge >= 0.3 is 6.03 Å². The Bertz CT molecular complexity index is 601. The van der Waals surface area contributed by atoms with E-state index >= 15 is 0 Å². The van der Waals surface area contributed by atoms with Gasteiger partial charge in [-0.3, -0.25) is 10.3 Å². The summed E-state index contributed by atoms with van der Waals surface area (Å²) >= 11 is 0. The molecule has 0 bridgehead atoms. The van der Waals surface area contributed by atoms with E-state index in [0.29, 0.717) is 18.3 Å². The standard InChI is InChI=1S/C16H19FN4O/c1-11(2)14(12-4-3-7-18-8-12)10-20-16(22)21-15-6-5-13(17)9-19-15/h3-9,11,14H,10H2,1-2H3,(H2,19,20,21,22)/t14-/m1/s1. The molecule has 5 nitrogen and oxygen atoms in total. The number of halogens is 1. The van der Waals surface area contributed by atoms with Crippen molar-refractivity contribution in [2.24, 2.45) is 5.92 Å². The highest BCUT2D eigenvalue weighted by Gasteiger charge is 2.17. The van der Waals surface area contributed by atoms with Crippen molar-refractivity contribution in [3.8, 4) is 0 Å². The lowest BCUT2D eigenvalue weighted by atomic mass is 9.89. The van der Waals surface area contributed by atoms with Crippen molar-refractivity contribution in [1.29, 1.82) is 0 Å². The minimum atomic E-state index is -0.442. The van der Waals surface area contributed by atoms with Crippen LogP contribution in [0.4, 0.5) is 15.0 Å². The molecular weight excluding hydrogens is 283 g/mol. The minimum absolute atomic E-state index is 0.167. The van der Waals surface area contributed by atoms with Gasteiger partial charge in [-0.25, -0.2) is 14.2 Å². The third-order valence-corrected chi connectivity index (χ3v) is 3.37. The zero-order valence-corrected chi connectivity index (χ0v) is 12.6. The van der Waals surface area contributed by atoms with Crippen molar-refractivity contribution >= 4 is 11.8 Å². The predicted octanol–water partition coefficient (Wildman–Crippen LogP) is 3.18.